The largest absolute Gasteiger partial charge is 0.214 e. The zero-order chi connectivity index (χ0) is 9.78. The topological polar surface area (TPSA) is 0 Å². The Bertz CT molecular complexity index is 180. The van der Waals surface area contributed by atoms with Crippen LogP contribution in [0.15, 0.2) is 60.7 Å². The predicted octanol–water partition coefficient (Wildman–Crippen LogP) is 3.17. The van der Waals surface area contributed by atoms with E-state index in [9.17, 15) is 0 Å². The van der Waals surface area contributed by atoms with Crippen LogP contribution in [0.1, 0.15) is 6.92 Å². The van der Waals surface area contributed by atoms with Crippen LogP contribution in [0.4, 0.5) is 0 Å². The van der Waals surface area contributed by atoms with Crippen molar-refractivity contribution in [3.05, 3.63) is 60.7 Å². The molecule has 0 amide bonds. The Balaban J connectivity index is 0.000000174. The molecular formula is C12H14Zr. The van der Waals surface area contributed by atoms with Gasteiger partial charge in [-0.25, -0.2) is 24.3 Å². The van der Waals surface area contributed by atoms with Crippen LogP contribution in [0.3, 0.4) is 0 Å². The fourth-order valence-electron chi connectivity index (χ4n) is 0.642. The van der Waals surface area contributed by atoms with Gasteiger partial charge in [0.15, 0.2) is 0 Å². The van der Waals surface area contributed by atoms with Crippen molar-refractivity contribution in [3.8, 4) is 0 Å². The SMILES string of the molecule is C[CH]=[Zr+2].c1cc[cH-]c1.c1cc[cH-]c1. The molecule has 2 aromatic rings. The molecule has 0 heterocycles. The van der Waals surface area contributed by atoms with E-state index in [-0.39, 0.29) is 0 Å². The molecule has 0 aliphatic heterocycles. The molecule has 0 nitrogen and oxygen atoms in total. The van der Waals surface area contributed by atoms with Crippen LogP contribution >= 0.6 is 0 Å². The monoisotopic (exact) mass is 248 g/mol. The molecule has 1 heteroatoms. The van der Waals surface area contributed by atoms with Gasteiger partial charge in [-0.3, -0.25) is 0 Å². The first-order valence-corrected chi connectivity index (χ1v) is 5.62. The van der Waals surface area contributed by atoms with Gasteiger partial charge in [0, 0.05) is 0 Å². The minimum absolute atomic E-state index is 1.51. The molecule has 2 aromatic carbocycles. The summed E-state index contributed by atoms with van der Waals surface area (Å²) in [5, 5.41) is 0. The Kier molecular flexibility index (Phi) is 11.0. The molecule has 0 N–H and O–H groups in total. The second kappa shape index (κ2) is 11.5. The molecule has 0 saturated carbocycles. The predicted molar refractivity (Wildman–Crippen MR) is 55.8 cm³/mol. The average Bonchev–Trinajstić information content (AvgIpc) is 2.85. The van der Waals surface area contributed by atoms with Crippen LogP contribution in [0, 0.1) is 0 Å². The molecule has 0 spiro atoms. The third-order valence-corrected chi connectivity index (χ3v) is 1.11. The molecule has 2 rings (SSSR count). The van der Waals surface area contributed by atoms with Gasteiger partial charge >= 0.3 is 34.9 Å². The third kappa shape index (κ3) is 11.5. The van der Waals surface area contributed by atoms with Gasteiger partial charge in [-0.2, -0.15) is 36.4 Å². The third-order valence-electron chi connectivity index (χ3n) is 1.11. The van der Waals surface area contributed by atoms with E-state index in [2.05, 4.69) is 3.71 Å². The van der Waals surface area contributed by atoms with E-state index in [0.717, 1.165) is 0 Å². The molecule has 13 heavy (non-hydrogen) atoms. The smallest absolute Gasteiger partial charge is 0.172 e. The van der Waals surface area contributed by atoms with Crippen LogP contribution in [0.25, 0.3) is 0 Å². The Morgan fingerprint density at radius 1 is 0.846 bits per heavy atom. The summed E-state index contributed by atoms with van der Waals surface area (Å²) in [6, 6.07) is 20.0. The van der Waals surface area contributed by atoms with Crippen molar-refractivity contribution in [2.24, 2.45) is 0 Å². The summed E-state index contributed by atoms with van der Waals surface area (Å²) < 4.78 is 2.09. The van der Waals surface area contributed by atoms with Gasteiger partial charge in [0.1, 0.15) is 0 Å². The van der Waals surface area contributed by atoms with Crippen LogP contribution in [0.5, 0.6) is 0 Å². The van der Waals surface area contributed by atoms with Crippen molar-refractivity contribution in [1.82, 2.24) is 0 Å². The summed E-state index contributed by atoms with van der Waals surface area (Å²) in [4.78, 5) is 0. The zero-order valence-electron chi connectivity index (χ0n) is 7.85. The Morgan fingerprint density at radius 3 is 1.15 bits per heavy atom. The average molecular weight is 249 g/mol. The van der Waals surface area contributed by atoms with Gasteiger partial charge in [-0.05, 0) is 0 Å². The molecule has 0 aliphatic rings. The Morgan fingerprint density at radius 2 is 1.08 bits per heavy atom. The quantitative estimate of drug-likeness (QED) is 0.629. The van der Waals surface area contributed by atoms with E-state index in [1.807, 2.05) is 67.6 Å². The van der Waals surface area contributed by atoms with Gasteiger partial charge in [-0.15, -0.1) is 0 Å². The van der Waals surface area contributed by atoms with Crippen LogP contribution in [-0.2, 0) is 24.2 Å². The number of hydrogen-bond acceptors (Lipinski definition) is 0. The molecule has 0 saturated heterocycles. The van der Waals surface area contributed by atoms with Crippen molar-refractivity contribution in [3.63, 3.8) is 0 Å². The first kappa shape index (κ1) is 12.5. The summed E-state index contributed by atoms with van der Waals surface area (Å²) in [5.74, 6) is 0. The van der Waals surface area contributed by atoms with Crippen LogP contribution in [-0.4, -0.2) is 3.71 Å². The minimum atomic E-state index is 1.51. The molecule has 0 bridgehead atoms. The van der Waals surface area contributed by atoms with Gasteiger partial charge in [0.05, 0.1) is 0 Å². The normalized spacial score (nSPS) is 7.31. The molecule has 0 radical (unpaired) electrons. The van der Waals surface area contributed by atoms with E-state index in [4.69, 9.17) is 0 Å². The van der Waals surface area contributed by atoms with Crippen molar-refractivity contribution in [2.75, 3.05) is 0 Å². The summed E-state index contributed by atoms with van der Waals surface area (Å²) in [7, 11) is 0. The first-order valence-electron chi connectivity index (χ1n) is 4.20. The fourth-order valence-corrected chi connectivity index (χ4v) is 0.642. The second-order valence-corrected chi connectivity index (χ2v) is 3.63. The fraction of sp³-hybridized carbons (Fsp3) is 0.0833. The van der Waals surface area contributed by atoms with Gasteiger partial charge in [-0.1, -0.05) is 0 Å². The van der Waals surface area contributed by atoms with E-state index in [1.165, 1.54) is 24.2 Å². The molecule has 0 unspecified atom stereocenters. The standard InChI is InChI=1S/2C5H5.C2H4.Zr/c2*1-2-4-5-3-1;1-2;/h2*1-5H;1H,2H3;/q2*-1;;+2. The van der Waals surface area contributed by atoms with Gasteiger partial charge in [0.25, 0.3) is 0 Å². The van der Waals surface area contributed by atoms with Crippen molar-refractivity contribution >= 4 is 3.71 Å². The van der Waals surface area contributed by atoms with Gasteiger partial charge in [0.2, 0.25) is 0 Å². The Hall–Kier alpha value is -0.547. The van der Waals surface area contributed by atoms with Crippen molar-refractivity contribution < 1.29 is 24.2 Å². The maximum atomic E-state index is 2.09. The van der Waals surface area contributed by atoms with E-state index in [0.29, 0.717) is 0 Å². The number of hydrogen-bond donors (Lipinski definition) is 0. The van der Waals surface area contributed by atoms with Crippen LogP contribution < -0.4 is 0 Å². The summed E-state index contributed by atoms with van der Waals surface area (Å²) >= 11 is 1.51. The van der Waals surface area contributed by atoms with Crippen molar-refractivity contribution in [2.45, 2.75) is 6.92 Å². The first-order chi connectivity index (χ1) is 6.41. The molecule has 0 aliphatic carbocycles. The van der Waals surface area contributed by atoms with E-state index in [1.54, 1.807) is 0 Å². The summed E-state index contributed by atoms with van der Waals surface area (Å²) in [6.45, 7) is 2.04. The van der Waals surface area contributed by atoms with E-state index >= 15 is 0 Å². The second-order valence-electron chi connectivity index (χ2n) is 2.21. The maximum Gasteiger partial charge on any atom is -0.172 e. The van der Waals surface area contributed by atoms with E-state index < -0.39 is 0 Å². The van der Waals surface area contributed by atoms with Crippen LogP contribution in [0.2, 0.25) is 0 Å². The molecule has 0 atom stereocenters. The van der Waals surface area contributed by atoms with Gasteiger partial charge < -0.3 is 0 Å². The summed E-state index contributed by atoms with van der Waals surface area (Å²) in [5.41, 5.74) is 0. The summed E-state index contributed by atoms with van der Waals surface area (Å²) in [6.07, 6.45) is 0. The maximum absolute atomic E-state index is 2.09. The molecule has 66 valence electrons. The minimum Gasteiger partial charge on any atom is -0.214 e. The Labute approximate surface area is 95.3 Å². The zero-order valence-corrected chi connectivity index (χ0v) is 10.3. The molecule has 0 fully saturated rings. The molecular weight excluding hydrogens is 235 g/mol. The number of rotatable bonds is 0. The molecule has 0 aromatic heterocycles. The van der Waals surface area contributed by atoms with Crippen molar-refractivity contribution in [1.29, 1.82) is 0 Å².